The molecule has 0 atom stereocenters. The molecule has 0 saturated carbocycles. The van der Waals surface area contributed by atoms with Crippen molar-refractivity contribution in [1.29, 1.82) is 0 Å². The van der Waals surface area contributed by atoms with Gasteiger partial charge in [-0.2, -0.15) is 0 Å². The molecule has 3 heteroatoms. The zero-order chi connectivity index (χ0) is 32.0. The Bertz CT molecular complexity index is 2740. The summed E-state index contributed by atoms with van der Waals surface area (Å²) < 4.78 is 2.65. The van der Waals surface area contributed by atoms with E-state index in [1.807, 2.05) is 23.7 Å². The van der Waals surface area contributed by atoms with Crippen LogP contribution in [0.3, 0.4) is 0 Å². The normalized spacial score (nSPS) is 13.4. The molecule has 0 aliphatic heterocycles. The van der Waals surface area contributed by atoms with Crippen LogP contribution in [-0.2, 0) is 5.41 Å². The van der Waals surface area contributed by atoms with Crippen molar-refractivity contribution in [3.63, 3.8) is 0 Å². The van der Waals surface area contributed by atoms with Gasteiger partial charge in [0.2, 0.25) is 0 Å². The van der Waals surface area contributed by atoms with Crippen LogP contribution in [0, 0.1) is 0 Å². The molecule has 0 spiro atoms. The third-order valence-electron chi connectivity index (χ3n) is 10.4. The van der Waals surface area contributed by atoms with Crippen LogP contribution < -0.4 is 0 Å². The van der Waals surface area contributed by atoms with E-state index in [9.17, 15) is 0 Å². The number of fused-ring (bicyclic) bond motifs is 10. The molecule has 0 amide bonds. The fourth-order valence-electron chi connectivity index (χ4n) is 7.91. The molecule has 226 valence electrons. The summed E-state index contributed by atoms with van der Waals surface area (Å²) in [5.41, 5.74) is 13.3. The van der Waals surface area contributed by atoms with Crippen molar-refractivity contribution >= 4 is 53.2 Å². The Hall–Kier alpha value is -5.64. The molecule has 2 nitrogen and oxygen atoms in total. The number of hydrogen-bond acceptors (Lipinski definition) is 3. The molecule has 0 radical (unpaired) electrons. The summed E-state index contributed by atoms with van der Waals surface area (Å²) in [4.78, 5) is 9.61. The number of benzene rings is 6. The Morgan fingerprint density at radius 1 is 0.500 bits per heavy atom. The van der Waals surface area contributed by atoms with Gasteiger partial charge < -0.3 is 0 Å². The van der Waals surface area contributed by atoms with Gasteiger partial charge in [-0.25, -0.2) is 4.98 Å². The highest BCUT2D eigenvalue weighted by Crippen LogP contribution is 2.51. The molecular weight excluding hydrogens is 601 g/mol. The summed E-state index contributed by atoms with van der Waals surface area (Å²) in [5.74, 6) is 0. The highest BCUT2D eigenvalue weighted by molar-refractivity contribution is 7.26. The number of nitrogens with zero attached hydrogens (tertiary/aromatic N) is 2. The molecule has 0 saturated heterocycles. The molecular formula is C45H30N2S. The summed E-state index contributed by atoms with van der Waals surface area (Å²) >= 11 is 1.89. The quantitative estimate of drug-likeness (QED) is 0.182. The van der Waals surface area contributed by atoms with E-state index in [0.717, 1.165) is 16.8 Å². The topological polar surface area (TPSA) is 25.8 Å². The van der Waals surface area contributed by atoms with Gasteiger partial charge in [-0.05, 0) is 80.9 Å². The predicted octanol–water partition coefficient (Wildman–Crippen LogP) is 12.5. The van der Waals surface area contributed by atoms with Crippen molar-refractivity contribution in [2.24, 2.45) is 0 Å². The van der Waals surface area contributed by atoms with Crippen LogP contribution in [-0.4, -0.2) is 9.97 Å². The van der Waals surface area contributed by atoms with Crippen molar-refractivity contribution in [2.75, 3.05) is 0 Å². The molecule has 9 aromatic rings. The second-order valence-corrected chi connectivity index (χ2v) is 14.5. The summed E-state index contributed by atoms with van der Waals surface area (Å²) in [7, 11) is 0. The summed E-state index contributed by atoms with van der Waals surface area (Å²) in [6.07, 6.45) is 3.73. The minimum absolute atomic E-state index is 0.123. The Labute approximate surface area is 283 Å². The van der Waals surface area contributed by atoms with Gasteiger partial charge in [0.25, 0.3) is 0 Å². The molecule has 6 aromatic carbocycles. The van der Waals surface area contributed by atoms with Crippen LogP contribution in [0.15, 0.2) is 146 Å². The highest BCUT2D eigenvalue weighted by Gasteiger charge is 2.36. The van der Waals surface area contributed by atoms with Gasteiger partial charge in [0.1, 0.15) is 0 Å². The maximum absolute atomic E-state index is 5.39. The van der Waals surface area contributed by atoms with E-state index in [1.54, 1.807) is 0 Å². The molecule has 0 N–H and O–H groups in total. The molecule has 10 rings (SSSR count). The first-order chi connectivity index (χ1) is 23.5. The third-order valence-corrected chi connectivity index (χ3v) is 11.6. The van der Waals surface area contributed by atoms with Crippen molar-refractivity contribution in [1.82, 2.24) is 9.97 Å². The second kappa shape index (κ2) is 10.2. The van der Waals surface area contributed by atoms with E-state index < -0.39 is 0 Å². The lowest BCUT2D eigenvalue weighted by molar-refractivity contribution is 0.661. The fourth-order valence-corrected chi connectivity index (χ4v) is 9.17. The van der Waals surface area contributed by atoms with E-state index in [2.05, 4.69) is 152 Å². The standard InChI is InChI=1S/C45H30N2S/c1-45(2)38-24-29(27-20-22-46-23-21-27)12-15-32(38)33-16-13-30(25-39(33)45)31-14-17-36-40(26-31)47-43(28-8-4-3-5-9-28)37-19-18-35-34-10-6-7-11-41(34)48-44(35)42(36)37/h3-26H,1-2H3. The maximum Gasteiger partial charge on any atom is 0.0788 e. The van der Waals surface area contributed by atoms with E-state index in [4.69, 9.17) is 4.98 Å². The first kappa shape index (κ1) is 27.5. The van der Waals surface area contributed by atoms with Gasteiger partial charge in [-0.3, -0.25) is 4.98 Å². The number of rotatable bonds is 3. The largest absolute Gasteiger partial charge is 0.265 e. The van der Waals surface area contributed by atoms with Gasteiger partial charge in [0.15, 0.2) is 0 Å². The van der Waals surface area contributed by atoms with Crippen LogP contribution in [0.1, 0.15) is 25.0 Å². The van der Waals surface area contributed by atoms with Crippen LogP contribution >= 0.6 is 11.3 Å². The number of hydrogen-bond donors (Lipinski definition) is 0. The smallest absolute Gasteiger partial charge is 0.0788 e. The average molecular weight is 631 g/mol. The molecule has 0 bridgehead atoms. The van der Waals surface area contributed by atoms with E-state index in [1.165, 1.54) is 80.8 Å². The summed E-state index contributed by atoms with van der Waals surface area (Å²) in [5, 5.41) is 6.31. The van der Waals surface area contributed by atoms with Gasteiger partial charge in [0.05, 0.1) is 11.2 Å². The second-order valence-electron chi connectivity index (χ2n) is 13.4. The van der Waals surface area contributed by atoms with Gasteiger partial charge in [0, 0.05) is 59.7 Å². The predicted molar refractivity (Wildman–Crippen MR) is 204 cm³/mol. The minimum Gasteiger partial charge on any atom is -0.265 e. The van der Waals surface area contributed by atoms with Crippen molar-refractivity contribution in [2.45, 2.75) is 19.3 Å². The summed E-state index contributed by atoms with van der Waals surface area (Å²) in [6.45, 7) is 4.71. The summed E-state index contributed by atoms with van der Waals surface area (Å²) in [6, 6.07) is 48.9. The van der Waals surface area contributed by atoms with Crippen LogP contribution in [0.5, 0.6) is 0 Å². The van der Waals surface area contributed by atoms with Crippen molar-refractivity contribution in [3.8, 4) is 44.6 Å². The fraction of sp³-hybridized carbons (Fsp3) is 0.0667. The van der Waals surface area contributed by atoms with E-state index in [0.29, 0.717) is 0 Å². The molecule has 1 aliphatic rings. The molecule has 0 unspecified atom stereocenters. The van der Waals surface area contributed by atoms with Crippen LogP contribution in [0.2, 0.25) is 0 Å². The lowest BCUT2D eigenvalue weighted by atomic mass is 9.81. The molecule has 3 aromatic heterocycles. The van der Waals surface area contributed by atoms with Gasteiger partial charge in [-0.1, -0.05) is 111 Å². The van der Waals surface area contributed by atoms with Crippen molar-refractivity contribution in [3.05, 3.63) is 157 Å². The van der Waals surface area contributed by atoms with E-state index >= 15 is 0 Å². The van der Waals surface area contributed by atoms with Crippen molar-refractivity contribution < 1.29 is 0 Å². The lowest BCUT2D eigenvalue weighted by Gasteiger charge is -2.22. The monoisotopic (exact) mass is 630 g/mol. The zero-order valence-electron chi connectivity index (χ0n) is 26.7. The van der Waals surface area contributed by atoms with Crippen LogP contribution in [0.25, 0.3) is 86.5 Å². The Morgan fingerprint density at radius 3 is 1.90 bits per heavy atom. The maximum atomic E-state index is 5.39. The highest BCUT2D eigenvalue weighted by atomic mass is 32.1. The average Bonchev–Trinajstić information content (AvgIpc) is 3.63. The molecule has 3 heterocycles. The number of thiophene rings is 1. The first-order valence-electron chi connectivity index (χ1n) is 16.5. The molecule has 0 fully saturated rings. The minimum atomic E-state index is -0.123. The third kappa shape index (κ3) is 3.98. The SMILES string of the molecule is CC1(C)c2cc(-c3ccncc3)ccc2-c2ccc(-c3ccc4c(c3)nc(-c3ccccc3)c3ccc5c6ccccc6sc5c34)cc21. The first-order valence-corrected chi connectivity index (χ1v) is 17.3. The number of aromatic nitrogens is 2. The van der Waals surface area contributed by atoms with Gasteiger partial charge >= 0.3 is 0 Å². The Balaban J connectivity index is 1.16. The zero-order valence-corrected chi connectivity index (χ0v) is 27.5. The lowest BCUT2D eigenvalue weighted by Crippen LogP contribution is -2.15. The molecule has 48 heavy (non-hydrogen) atoms. The molecule has 1 aliphatic carbocycles. The Morgan fingerprint density at radius 2 is 1.12 bits per heavy atom. The van der Waals surface area contributed by atoms with E-state index in [-0.39, 0.29) is 5.41 Å². The Kier molecular flexibility index (Phi) is 5.82. The number of pyridine rings is 2. The van der Waals surface area contributed by atoms with Gasteiger partial charge in [-0.15, -0.1) is 11.3 Å². The van der Waals surface area contributed by atoms with Crippen LogP contribution in [0.4, 0.5) is 0 Å².